The van der Waals surface area contributed by atoms with Crippen LogP contribution in [0.1, 0.15) is 18.5 Å². The van der Waals surface area contributed by atoms with Gasteiger partial charge in [-0.25, -0.2) is 0 Å². The molecule has 1 aromatic carbocycles. The lowest BCUT2D eigenvalue weighted by Gasteiger charge is -2.12. The molecule has 3 aromatic heterocycles. The van der Waals surface area contributed by atoms with E-state index in [1.54, 1.807) is 6.20 Å². The van der Waals surface area contributed by atoms with Gasteiger partial charge in [0.25, 0.3) is 0 Å². The number of nitrogens with one attached hydrogen (secondary N) is 2. The van der Waals surface area contributed by atoms with E-state index in [-0.39, 0.29) is 0 Å². The van der Waals surface area contributed by atoms with Gasteiger partial charge in [-0.05, 0) is 50.2 Å². The number of pyridine rings is 1. The largest absolute Gasteiger partial charge is 0.356 e. The second-order valence-electron chi connectivity index (χ2n) is 6.74. The molecule has 132 valence electrons. The Morgan fingerprint density at radius 3 is 3.04 bits per heavy atom. The van der Waals surface area contributed by atoms with Gasteiger partial charge in [0, 0.05) is 36.3 Å². The molecule has 5 rings (SSSR count). The Hall–Kier alpha value is -2.93. The van der Waals surface area contributed by atoms with Gasteiger partial charge in [0.2, 0.25) is 0 Å². The zero-order valence-electron chi connectivity index (χ0n) is 14.4. The minimum atomic E-state index is 0.703. The Kier molecular flexibility index (Phi) is 3.79. The minimum absolute atomic E-state index is 0.703. The van der Waals surface area contributed by atoms with Gasteiger partial charge >= 0.3 is 0 Å². The molecule has 0 aliphatic carbocycles. The van der Waals surface area contributed by atoms with E-state index in [0.717, 1.165) is 46.3 Å². The molecular weight excluding hydrogens is 328 g/mol. The summed E-state index contributed by atoms with van der Waals surface area (Å²) in [6, 6.07) is 9.89. The lowest BCUT2D eigenvalue weighted by molar-refractivity contribution is 0.338. The molecule has 4 heterocycles. The van der Waals surface area contributed by atoms with Crippen molar-refractivity contribution in [3.8, 4) is 0 Å². The van der Waals surface area contributed by atoms with Crippen molar-refractivity contribution in [3.05, 3.63) is 42.2 Å². The first-order chi connectivity index (χ1) is 12.9. The summed E-state index contributed by atoms with van der Waals surface area (Å²) in [7, 11) is 0. The summed E-state index contributed by atoms with van der Waals surface area (Å²) >= 11 is 0. The maximum absolute atomic E-state index is 5.56. The van der Waals surface area contributed by atoms with Crippen molar-refractivity contribution in [3.63, 3.8) is 0 Å². The second kappa shape index (κ2) is 6.42. The number of aromatic nitrogens is 4. The van der Waals surface area contributed by atoms with Crippen LogP contribution in [-0.2, 0) is 6.42 Å². The summed E-state index contributed by atoms with van der Waals surface area (Å²) in [5, 5.41) is 15.9. The van der Waals surface area contributed by atoms with Crippen molar-refractivity contribution in [1.82, 2.24) is 25.2 Å². The molecule has 0 bridgehead atoms. The van der Waals surface area contributed by atoms with Crippen molar-refractivity contribution in [1.29, 1.82) is 0 Å². The highest BCUT2D eigenvalue weighted by atomic mass is 16.5. The van der Waals surface area contributed by atoms with E-state index >= 15 is 0 Å². The van der Waals surface area contributed by atoms with E-state index in [2.05, 4.69) is 36.6 Å². The van der Waals surface area contributed by atoms with Crippen LogP contribution in [0.2, 0.25) is 0 Å². The molecule has 0 spiro atoms. The van der Waals surface area contributed by atoms with Crippen LogP contribution in [0.15, 0.2) is 41.1 Å². The predicted octanol–water partition coefficient (Wildman–Crippen LogP) is 3.48. The van der Waals surface area contributed by atoms with E-state index in [0.29, 0.717) is 5.82 Å². The molecule has 1 fully saturated rings. The van der Waals surface area contributed by atoms with E-state index in [4.69, 9.17) is 4.52 Å². The second-order valence-corrected chi connectivity index (χ2v) is 6.74. The molecule has 0 radical (unpaired) electrons. The summed E-state index contributed by atoms with van der Waals surface area (Å²) in [4.78, 5) is 6.86. The first kappa shape index (κ1) is 15.3. The third kappa shape index (κ3) is 2.80. The van der Waals surface area contributed by atoms with Crippen LogP contribution < -0.4 is 5.32 Å². The van der Waals surface area contributed by atoms with Gasteiger partial charge in [-0.1, -0.05) is 5.16 Å². The fraction of sp³-hybridized carbons (Fsp3) is 0.316. The zero-order chi connectivity index (χ0) is 17.3. The van der Waals surface area contributed by atoms with Gasteiger partial charge in [0.1, 0.15) is 5.52 Å². The fourth-order valence-corrected chi connectivity index (χ4v) is 3.60. The zero-order valence-corrected chi connectivity index (χ0v) is 14.4. The molecule has 0 amide bonds. The molecule has 1 aliphatic heterocycles. The number of H-pyrrole nitrogens is 1. The van der Waals surface area contributed by atoms with Crippen molar-refractivity contribution < 1.29 is 4.52 Å². The Labute approximate surface area is 150 Å². The SMILES string of the molecule is c1cnc2c(Nc3ccc4c(CCN5CCCC5)noc4c3)n[nH]c2c1. The topological polar surface area (TPSA) is 82.9 Å². The van der Waals surface area contributed by atoms with Crippen LogP contribution in [0.3, 0.4) is 0 Å². The normalized spacial score (nSPS) is 15.2. The number of anilines is 2. The number of hydrogen-bond acceptors (Lipinski definition) is 6. The number of nitrogens with zero attached hydrogens (tertiary/aromatic N) is 4. The molecule has 26 heavy (non-hydrogen) atoms. The van der Waals surface area contributed by atoms with Gasteiger partial charge < -0.3 is 14.7 Å². The lowest BCUT2D eigenvalue weighted by Crippen LogP contribution is -2.22. The van der Waals surface area contributed by atoms with Crippen LogP contribution in [0.25, 0.3) is 22.0 Å². The van der Waals surface area contributed by atoms with E-state index < -0.39 is 0 Å². The highest BCUT2D eigenvalue weighted by Crippen LogP contribution is 2.27. The maximum atomic E-state index is 5.56. The highest BCUT2D eigenvalue weighted by molar-refractivity contribution is 5.89. The third-order valence-corrected chi connectivity index (χ3v) is 4.99. The Morgan fingerprint density at radius 2 is 2.12 bits per heavy atom. The van der Waals surface area contributed by atoms with E-state index in [1.807, 2.05) is 24.3 Å². The fourth-order valence-electron chi connectivity index (χ4n) is 3.60. The standard InChI is InChI=1S/C19H20N6O/c1-2-10-25(9-1)11-7-15-14-6-5-13(12-17(14)26-24-15)21-19-18-16(22-23-19)4-3-8-20-18/h3-6,8,12H,1-2,7,9-11H2,(H2,21,22,23). The first-order valence-electron chi connectivity index (χ1n) is 9.03. The van der Waals surface area contributed by atoms with Gasteiger partial charge in [0.15, 0.2) is 11.4 Å². The summed E-state index contributed by atoms with van der Waals surface area (Å²) in [5.74, 6) is 0.703. The van der Waals surface area contributed by atoms with E-state index in [9.17, 15) is 0 Å². The van der Waals surface area contributed by atoms with Crippen LogP contribution in [0, 0.1) is 0 Å². The summed E-state index contributed by atoms with van der Waals surface area (Å²) in [5.41, 5.74) is 4.44. The molecule has 1 aliphatic rings. The molecule has 7 heteroatoms. The molecule has 0 saturated carbocycles. The summed E-state index contributed by atoms with van der Waals surface area (Å²) < 4.78 is 5.56. The van der Waals surface area contributed by atoms with Crippen molar-refractivity contribution in [2.24, 2.45) is 0 Å². The number of likely N-dealkylation sites (tertiary alicyclic amines) is 1. The smallest absolute Gasteiger partial charge is 0.178 e. The number of aromatic amines is 1. The predicted molar refractivity (Wildman–Crippen MR) is 101 cm³/mol. The average Bonchev–Trinajstić information content (AvgIpc) is 3.40. The van der Waals surface area contributed by atoms with Crippen molar-refractivity contribution in [2.45, 2.75) is 19.3 Å². The number of rotatable bonds is 5. The number of fused-ring (bicyclic) bond motifs is 2. The first-order valence-corrected chi connectivity index (χ1v) is 9.03. The van der Waals surface area contributed by atoms with Gasteiger partial charge in [-0.2, -0.15) is 5.10 Å². The summed E-state index contributed by atoms with van der Waals surface area (Å²) in [6.45, 7) is 3.46. The molecular formula is C19H20N6O. The maximum Gasteiger partial charge on any atom is 0.178 e. The third-order valence-electron chi connectivity index (χ3n) is 4.99. The van der Waals surface area contributed by atoms with E-state index in [1.165, 1.54) is 25.9 Å². The average molecular weight is 348 g/mol. The van der Waals surface area contributed by atoms with Gasteiger partial charge in [-0.15, -0.1) is 0 Å². The number of benzene rings is 1. The van der Waals surface area contributed by atoms with Crippen LogP contribution in [0.4, 0.5) is 11.5 Å². The van der Waals surface area contributed by atoms with Crippen LogP contribution in [-0.4, -0.2) is 44.9 Å². The summed E-state index contributed by atoms with van der Waals surface area (Å²) in [6.07, 6.45) is 5.31. The van der Waals surface area contributed by atoms with Crippen molar-refractivity contribution >= 4 is 33.5 Å². The highest BCUT2D eigenvalue weighted by Gasteiger charge is 2.15. The lowest BCUT2D eigenvalue weighted by atomic mass is 10.1. The molecule has 2 N–H and O–H groups in total. The van der Waals surface area contributed by atoms with Crippen LogP contribution in [0.5, 0.6) is 0 Å². The van der Waals surface area contributed by atoms with Gasteiger partial charge in [0.05, 0.1) is 11.2 Å². The number of hydrogen-bond donors (Lipinski definition) is 2. The minimum Gasteiger partial charge on any atom is -0.356 e. The monoisotopic (exact) mass is 348 g/mol. The molecule has 7 nitrogen and oxygen atoms in total. The van der Waals surface area contributed by atoms with Gasteiger partial charge in [-0.3, -0.25) is 10.1 Å². The molecule has 0 unspecified atom stereocenters. The van der Waals surface area contributed by atoms with Crippen molar-refractivity contribution in [2.75, 3.05) is 25.0 Å². The molecule has 4 aromatic rings. The quantitative estimate of drug-likeness (QED) is 0.574. The Balaban J connectivity index is 1.36. The Morgan fingerprint density at radius 1 is 1.19 bits per heavy atom. The van der Waals surface area contributed by atoms with Crippen LogP contribution >= 0.6 is 0 Å². The molecule has 1 saturated heterocycles. The molecule has 0 atom stereocenters. The Bertz CT molecular complexity index is 1050.